The Bertz CT molecular complexity index is 1190. The van der Waals surface area contributed by atoms with Gasteiger partial charge in [0.15, 0.2) is 0 Å². The van der Waals surface area contributed by atoms with Crippen molar-refractivity contribution in [1.82, 2.24) is 0 Å². The number of benzene rings is 4. The van der Waals surface area contributed by atoms with Crippen LogP contribution in [0.25, 0.3) is 21.5 Å². The van der Waals surface area contributed by atoms with Gasteiger partial charge in [0, 0.05) is 0 Å². The van der Waals surface area contributed by atoms with Gasteiger partial charge in [-0.1, -0.05) is 99.2 Å². The molecule has 0 bridgehead atoms. The molecule has 4 aromatic rings. The van der Waals surface area contributed by atoms with Crippen LogP contribution >= 0.6 is 0 Å². The lowest BCUT2D eigenvalue weighted by Gasteiger charge is -2.07. The minimum atomic E-state index is -0.248. The molecule has 0 heterocycles. The van der Waals surface area contributed by atoms with E-state index in [0.29, 0.717) is 24.3 Å². The Morgan fingerprint density at radius 1 is 0.444 bits per heavy atom. The second-order valence-electron chi connectivity index (χ2n) is 9.22. The van der Waals surface area contributed by atoms with Gasteiger partial charge in [0.1, 0.15) is 0 Å². The molecular formula is C32H34O4. The minimum absolute atomic E-state index is 0.248. The number of rotatable bonds is 13. The van der Waals surface area contributed by atoms with E-state index in [1.165, 1.54) is 12.8 Å². The maximum absolute atomic E-state index is 12.3. The highest BCUT2D eigenvalue weighted by molar-refractivity contribution is 5.96. The zero-order valence-corrected chi connectivity index (χ0v) is 20.8. The van der Waals surface area contributed by atoms with Crippen LogP contribution < -0.4 is 0 Å². The van der Waals surface area contributed by atoms with Gasteiger partial charge < -0.3 is 9.47 Å². The summed E-state index contributed by atoms with van der Waals surface area (Å²) in [5, 5.41) is 4.34. The highest BCUT2D eigenvalue weighted by atomic mass is 16.5. The monoisotopic (exact) mass is 482 g/mol. The predicted molar refractivity (Wildman–Crippen MR) is 145 cm³/mol. The smallest absolute Gasteiger partial charge is 0.338 e. The summed E-state index contributed by atoms with van der Waals surface area (Å²) in [6.45, 7) is 0.933. The Kier molecular flexibility index (Phi) is 9.49. The second kappa shape index (κ2) is 13.4. The van der Waals surface area contributed by atoms with Crippen LogP contribution in [0.15, 0.2) is 84.9 Å². The number of carbonyl (C=O) groups is 2. The molecule has 0 N–H and O–H groups in total. The van der Waals surface area contributed by atoms with Crippen LogP contribution in [0.2, 0.25) is 0 Å². The van der Waals surface area contributed by atoms with Crippen molar-refractivity contribution in [1.29, 1.82) is 0 Å². The molecular weight excluding hydrogens is 448 g/mol. The largest absolute Gasteiger partial charge is 0.462 e. The van der Waals surface area contributed by atoms with Crippen LogP contribution in [0, 0.1) is 0 Å². The molecule has 4 aromatic carbocycles. The van der Waals surface area contributed by atoms with Crippen LogP contribution in [0.1, 0.15) is 72.1 Å². The van der Waals surface area contributed by atoms with Gasteiger partial charge in [-0.05, 0) is 58.7 Å². The lowest BCUT2D eigenvalue weighted by molar-refractivity contribution is 0.0487. The van der Waals surface area contributed by atoms with Gasteiger partial charge in [-0.2, -0.15) is 0 Å². The van der Waals surface area contributed by atoms with E-state index in [1.807, 2.05) is 84.9 Å². The Balaban J connectivity index is 0.995. The topological polar surface area (TPSA) is 52.6 Å². The zero-order chi connectivity index (χ0) is 25.0. The number of fused-ring (bicyclic) bond motifs is 2. The summed E-state index contributed by atoms with van der Waals surface area (Å²) in [5.74, 6) is -0.496. The highest BCUT2D eigenvalue weighted by Crippen LogP contribution is 2.18. The first-order valence-electron chi connectivity index (χ1n) is 13.0. The number of esters is 2. The number of hydrogen-bond acceptors (Lipinski definition) is 4. The van der Waals surface area contributed by atoms with Crippen molar-refractivity contribution < 1.29 is 19.1 Å². The average Bonchev–Trinajstić information content (AvgIpc) is 2.92. The van der Waals surface area contributed by atoms with Gasteiger partial charge in [-0.25, -0.2) is 9.59 Å². The summed E-state index contributed by atoms with van der Waals surface area (Å²) >= 11 is 0. The maximum atomic E-state index is 12.3. The summed E-state index contributed by atoms with van der Waals surface area (Å²) in [6.07, 6.45) is 8.55. The van der Waals surface area contributed by atoms with Gasteiger partial charge in [0.25, 0.3) is 0 Å². The summed E-state index contributed by atoms with van der Waals surface area (Å²) < 4.78 is 10.9. The second-order valence-corrected chi connectivity index (χ2v) is 9.22. The van der Waals surface area contributed by atoms with E-state index < -0.39 is 0 Å². The maximum Gasteiger partial charge on any atom is 0.338 e. The van der Waals surface area contributed by atoms with Gasteiger partial charge in [-0.3, -0.25) is 0 Å². The summed E-state index contributed by atoms with van der Waals surface area (Å²) in [5.41, 5.74) is 1.22. The Hall–Kier alpha value is -3.66. The fourth-order valence-electron chi connectivity index (χ4n) is 4.39. The third kappa shape index (κ3) is 7.42. The third-order valence-electron chi connectivity index (χ3n) is 6.48. The molecule has 0 saturated carbocycles. The van der Waals surface area contributed by atoms with Crippen molar-refractivity contribution in [2.45, 2.75) is 51.4 Å². The van der Waals surface area contributed by atoms with Crippen LogP contribution in [-0.2, 0) is 9.47 Å². The van der Waals surface area contributed by atoms with Gasteiger partial charge in [0.05, 0.1) is 24.3 Å². The van der Waals surface area contributed by atoms with Gasteiger partial charge in [0.2, 0.25) is 0 Å². The molecule has 0 aliphatic rings. The third-order valence-corrected chi connectivity index (χ3v) is 6.48. The quantitative estimate of drug-likeness (QED) is 0.143. The molecule has 186 valence electrons. The molecule has 0 spiro atoms. The molecule has 36 heavy (non-hydrogen) atoms. The van der Waals surface area contributed by atoms with E-state index in [2.05, 4.69) is 0 Å². The van der Waals surface area contributed by atoms with Crippen LogP contribution in [0.4, 0.5) is 0 Å². The normalized spacial score (nSPS) is 11.0. The van der Waals surface area contributed by atoms with E-state index in [9.17, 15) is 9.59 Å². The van der Waals surface area contributed by atoms with E-state index in [1.54, 1.807) is 0 Å². The number of unbranched alkanes of at least 4 members (excludes halogenated alkanes) is 7. The first-order chi connectivity index (χ1) is 17.7. The van der Waals surface area contributed by atoms with Crippen molar-refractivity contribution >= 4 is 33.5 Å². The molecule has 4 heteroatoms. The lowest BCUT2D eigenvalue weighted by Crippen LogP contribution is -2.06. The Morgan fingerprint density at radius 2 is 0.806 bits per heavy atom. The minimum Gasteiger partial charge on any atom is -0.462 e. The zero-order valence-electron chi connectivity index (χ0n) is 20.8. The molecule has 0 fully saturated rings. The van der Waals surface area contributed by atoms with Crippen molar-refractivity contribution in [3.05, 3.63) is 96.1 Å². The molecule has 0 radical (unpaired) electrons. The Labute approximate surface area is 213 Å². The Morgan fingerprint density at radius 3 is 1.22 bits per heavy atom. The number of carbonyl (C=O) groups excluding carboxylic acids is 2. The van der Waals surface area contributed by atoms with E-state index in [0.717, 1.165) is 60.1 Å². The molecule has 0 aliphatic heterocycles. The van der Waals surface area contributed by atoms with Crippen molar-refractivity contribution in [3.63, 3.8) is 0 Å². The number of ether oxygens (including phenoxy) is 2. The SMILES string of the molecule is O=C(OCCCCCCCCCCOC(=O)c1ccc2ccccc2c1)c1ccc2ccccc2c1. The van der Waals surface area contributed by atoms with Crippen LogP contribution in [0.3, 0.4) is 0 Å². The summed E-state index contributed by atoms with van der Waals surface area (Å²) in [6, 6.07) is 27.4. The van der Waals surface area contributed by atoms with Crippen LogP contribution in [-0.4, -0.2) is 25.2 Å². The highest BCUT2D eigenvalue weighted by Gasteiger charge is 2.08. The molecule has 0 aromatic heterocycles. The molecule has 0 unspecified atom stereocenters. The summed E-state index contributed by atoms with van der Waals surface area (Å²) in [7, 11) is 0. The van der Waals surface area contributed by atoms with E-state index >= 15 is 0 Å². The standard InChI is InChI=1S/C32H34O4/c33-31(29-19-17-25-13-7-9-15-27(25)23-29)35-21-11-5-3-1-2-4-6-12-22-36-32(34)30-20-18-26-14-8-10-16-28(26)24-30/h7-10,13-20,23-24H,1-6,11-12,21-22H2. The van der Waals surface area contributed by atoms with E-state index in [-0.39, 0.29) is 11.9 Å². The van der Waals surface area contributed by atoms with Crippen LogP contribution in [0.5, 0.6) is 0 Å². The van der Waals surface area contributed by atoms with Gasteiger partial charge in [-0.15, -0.1) is 0 Å². The molecule has 0 saturated heterocycles. The van der Waals surface area contributed by atoms with Crippen molar-refractivity contribution in [3.8, 4) is 0 Å². The molecule has 4 nitrogen and oxygen atoms in total. The molecule has 0 amide bonds. The van der Waals surface area contributed by atoms with Crippen molar-refractivity contribution in [2.75, 3.05) is 13.2 Å². The fourth-order valence-corrected chi connectivity index (χ4v) is 4.39. The average molecular weight is 483 g/mol. The lowest BCUT2D eigenvalue weighted by atomic mass is 10.1. The predicted octanol–water partition coefficient (Wildman–Crippen LogP) is 8.13. The number of hydrogen-bond donors (Lipinski definition) is 0. The fraction of sp³-hybridized carbons (Fsp3) is 0.312. The van der Waals surface area contributed by atoms with E-state index in [4.69, 9.17) is 9.47 Å². The van der Waals surface area contributed by atoms with Crippen molar-refractivity contribution in [2.24, 2.45) is 0 Å². The first-order valence-corrected chi connectivity index (χ1v) is 13.0. The summed E-state index contributed by atoms with van der Waals surface area (Å²) in [4.78, 5) is 24.5. The molecule has 0 atom stereocenters. The van der Waals surface area contributed by atoms with Gasteiger partial charge >= 0.3 is 11.9 Å². The molecule has 4 rings (SSSR count). The molecule has 0 aliphatic carbocycles. The first kappa shape index (κ1) is 25.4.